The van der Waals surface area contributed by atoms with Crippen LogP contribution in [0.1, 0.15) is 24.8 Å². The van der Waals surface area contributed by atoms with E-state index in [0.717, 1.165) is 35.4 Å². The van der Waals surface area contributed by atoms with E-state index < -0.39 is 0 Å². The molecule has 1 aliphatic rings. The van der Waals surface area contributed by atoms with Gasteiger partial charge in [0, 0.05) is 22.9 Å². The Bertz CT molecular complexity index is 395. The zero-order valence-corrected chi connectivity index (χ0v) is 13.5. The molecule has 18 heavy (non-hydrogen) atoms. The Kier molecular flexibility index (Phi) is 5.64. The summed E-state index contributed by atoms with van der Waals surface area (Å²) in [7, 11) is 0. The van der Waals surface area contributed by atoms with Crippen LogP contribution >= 0.6 is 31.9 Å². The van der Waals surface area contributed by atoms with Crippen molar-refractivity contribution in [1.82, 2.24) is 4.90 Å². The maximum atomic E-state index is 13.0. The summed E-state index contributed by atoms with van der Waals surface area (Å²) in [6.45, 7) is 3.23. The van der Waals surface area contributed by atoms with Gasteiger partial charge in [-0.25, -0.2) is 4.39 Å². The van der Waals surface area contributed by atoms with Gasteiger partial charge in [0.1, 0.15) is 5.82 Å². The zero-order valence-electron chi connectivity index (χ0n) is 10.3. The molecule has 0 aliphatic carbocycles. The van der Waals surface area contributed by atoms with Crippen LogP contribution in [0.3, 0.4) is 0 Å². The molecule has 1 atom stereocenters. The van der Waals surface area contributed by atoms with Crippen molar-refractivity contribution in [2.45, 2.75) is 25.8 Å². The van der Waals surface area contributed by atoms with E-state index in [4.69, 9.17) is 0 Å². The minimum Gasteiger partial charge on any atom is -0.299 e. The third kappa shape index (κ3) is 4.04. The summed E-state index contributed by atoms with van der Waals surface area (Å²) < 4.78 is 13.9. The van der Waals surface area contributed by atoms with Crippen molar-refractivity contribution in [3.63, 3.8) is 0 Å². The average molecular weight is 379 g/mol. The van der Waals surface area contributed by atoms with Gasteiger partial charge in [-0.3, -0.25) is 4.90 Å². The third-order valence-corrected chi connectivity index (χ3v) is 4.73. The lowest BCUT2D eigenvalue weighted by atomic mass is 9.95. The summed E-state index contributed by atoms with van der Waals surface area (Å²) in [5.41, 5.74) is 1.18. The Morgan fingerprint density at radius 3 is 2.94 bits per heavy atom. The van der Waals surface area contributed by atoms with Crippen molar-refractivity contribution in [2.75, 3.05) is 18.4 Å². The van der Waals surface area contributed by atoms with Crippen LogP contribution in [0, 0.1) is 11.7 Å². The molecule has 4 heteroatoms. The molecule has 1 fully saturated rings. The Hall–Kier alpha value is 0.0700. The number of alkyl halides is 1. The number of benzene rings is 1. The fourth-order valence-electron chi connectivity index (χ4n) is 2.58. The van der Waals surface area contributed by atoms with Crippen LogP contribution in [0.5, 0.6) is 0 Å². The lowest BCUT2D eigenvalue weighted by Gasteiger charge is -2.32. The van der Waals surface area contributed by atoms with Crippen molar-refractivity contribution < 1.29 is 4.39 Å². The van der Waals surface area contributed by atoms with Gasteiger partial charge < -0.3 is 0 Å². The normalized spacial score (nSPS) is 21.2. The molecule has 0 amide bonds. The van der Waals surface area contributed by atoms with Crippen molar-refractivity contribution in [3.05, 3.63) is 34.1 Å². The number of hydrogen-bond donors (Lipinski definition) is 0. The first-order valence-electron chi connectivity index (χ1n) is 6.41. The third-order valence-electron chi connectivity index (χ3n) is 3.53. The van der Waals surface area contributed by atoms with Gasteiger partial charge in [-0.1, -0.05) is 37.9 Å². The first-order valence-corrected chi connectivity index (χ1v) is 8.32. The molecule has 0 radical (unpaired) electrons. The van der Waals surface area contributed by atoms with Crippen LogP contribution in [0.2, 0.25) is 0 Å². The highest BCUT2D eigenvalue weighted by Crippen LogP contribution is 2.24. The van der Waals surface area contributed by atoms with Gasteiger partial charge in [-0.2, -0.15) is 0 Å². The van der Waals surface area contributed by atoms with E-state index in [0.29, 0.717) is 0 Å². The van der Waals surface area contributed by atoms with Gasteiger partial charge in [0.25, 0.3) is 0 Å². The summed E-state index contributed by atoms with van der Waals surface area (Å²) in [6.07, 6.45) is 3.87. The molecular weight excluding hydrogens is 361 g/mol. The Labute approximate surface area is 125 Å². The van der Waals surface area contributed by atoms with E-state index in [1.165, 1.54) is 24.8 Å². The first kappa shape index (κ1) is 14.5. The summed E-state index contributed by atoms with van der Waals surface area (Å²) in [4.78, 5) is 2.48. The molecular formula is C14H18Br2FN. The minimum absolute atomic E-state index is 0.179. The van der Waals surface area contributed by atoms with Gasteiger partial charge in [0.05, 0.1) is 0 Å². The summed E-state index contributed by atoms with van der Waals surface area (Å²) >= 11 is 6.97. The number of halogens is 3. The van der Waals surface area contributed by atoms with Crippen LogP contribution in [-0.2, 0) is 6.54 Å². The van der Waals surface area contributed by atoms with Gasteiger partial charge >= 0.3 is 0 Å². The van der Waals surface area contributed by atoms with Crippen LogP contribution in [0.4, 0.5) is 4.39 Å². The monoisotopic (exact) mass is 377 g/mol. The van der Waals surface area contributed by atoms with Crippen molar-refractivity contribution in [3.8, 4) is 0 Å². The maximum Gasteiger partial charge on any atom is 0.124 e. The molecule has 1 nitrogen and oxygen atoms in total. The second kappa shape index (κ2) is 7.01. The van der Waals surface area contributed by atoms with E-state index in [1.54, 1.807) is 12.1 Å². The fourth-order valence-corrected chi connectivity index (χ4v) is 3.70. The summed E-state index contributed by atoms with van der Waals surface area (Å²) in [5.74, 6) is 0.624. The van der Waals surface area contributed by atoms with E-state index in [2.05, 4.69) is 36.8 Å². The van der Waals surface area contributed by atoms with E-state index in [9.17, 15) is 4.39 Å². The Balaban J connectivity index is 1.96. The molecule has 0 saturated carbocycles. The van der Waals surface area contributed by atoms with Crippen molar-refractivity contribution in [1.29, 1.82) is 0 Å². The summed E-state index contributed by atoms with van der Waals surface area (Å²) in [5, 5.41) is 1.09. The predicted molar refractivity (Wildman–Crippen MR) is 80.5 cm³/mol. The number of rotatable bonds is 4. The van der Waals surface area contributed by atoms with Crippen LogP contribution < -0.4 is 0 Å². The molecule has 2 rings (SSSR count). The lowest BCUT2D eigenvalue weighted by Crippen LogP contribution is -2.35. The van der Waals surface area contributed by atoms with Crippen LogP contribution in [0.15, 0.2) is 22.7 Å². The molecule has 0 N–H and O–H groups in total. The maximum absolute atomic E-state index is 13.0. The van der Waals surface area contributed by atoms with E-state index >= 15 is 0 Å². The second-order valence-corrected chi connectivity index (χ2v) is 6.60. The minimum atomic E-state index is -0.179. The molecule has 0 bridgehead atoms. The Morgan fingerprint density at radius 2 is 2.22 bits per heavy atom. The molecule has 1 heterocycles. The highest BCUT2D eigenvalue weighted by Gasteiger charge is 2.19. The lowest BCUT2D eigenvalue weighted by molar-refractivity contribution is 0.165. The van der Waals surface area contributed by atoms with Gasteiger partial charge in [-0.05, 0) is 49.4 Å². The molecule has 1 saturated heterocycles. The number of piperidine rings is 1. The molecule has 1 aliphatic heterocycles. The van der Waals surface area contributed by atoms with E-state index in [-0.39, 0.29) is 5.82 Å². The fraction of sp³-hybridized carbons (Fsp3) is 0.571. The van der Waals surface area contributed by atoms with Gasteiger partial charge in [0.2, 0.25) is 0 Å². The van der Waals surface area contributed by atoms with Crippen LogP contribution in [-0.4, -0.2) is 23.3 Å². The molecule has 0 aromatic heterocycles. The number of nitrogens with zero attached hydrogens (tertiary/aromatic N) is 1. The highest BCUT2D eigenvalue weighted by molar-refractivity contribution is 9.10. The zero-order chi connectivity index (χ0) is 13.0. The van der Waals surface area contributed by atoms with E-state index in [1.807, 2.05) is 6.07 Å². The largest absolute Gasteiger partial charge is 0.299 e. The summed E-state index contributed by atoms with van der Waals surface area (Å²) in [6, 6.07) is 4.97. The van der Waals surface area contributed by atoms with Crippen molar-refractivity contribution >= 4 is 31.9 Å². The first-order chi connectivity index (χ1) is 8.69. The number of hydrogen-bond acceptors (Lipinski definition) is 1. The molecule has 0 spiro atoms. The topological polar surface area (TPSA) is 3.24 Å². The molecule has 100 valence electrons. The quantitative estimate of drug-likeness (QED) is 0.693. The number of likely N-dealkylation sites (tertiary alicyclic amines) is 1. The van der Waals surface area contributed by atoms with Gasteiger partial charge in [0.15, 0.2) is 0 Å². The molecule has 1 aromatic carbocycles. The molecule has 1 unspecified atom stereocenters. The van der Waals surface area contributed by atoms with Crippen molar-refractivity contribution in [2.24, 2.45) is 5.92 Å². The standard InChI is InChI=1S/C14H18Br2FN/c15-6-5-11-2-1-7-18(9-11)10-12-3-4-13(17)8-14(12)16/h3-4,8,11H,1-2,5-7,9-10H2. The van der Waals surface area contributed by atoms with Gasteiger partial charge in [-0.15, -0.1) is 0 Å². The average Bonchev–Trinajstić information content (AvgIpc) is 2.34. The molecule has 1 aromatic rings. The Morgan fingerprint density at radius 1 is 1.39 bits per heavy atom. The smallest absolute Gasteiger partial charge is 0.124 e. The second-order valence-electron chi connectivity index (χ2n) is 4.96. The highest BCUT2D eigenvalue weighted by atomic mass is 79.9. The van der Waals surface area contributed by atoms with Crippen LogP contribution in [0.25, 0.3) is 0 Å². The predicted octanol–water partition coefficient (Wildman–Crippen LogP) is 4.59. The SMILES string of the molecule is Fc1ccc(CN2CCCC(CCBr)C2)c(Br)c1.